The number of rotatable bonds is 3. The number of fused-ring (bicyclic) bond motifs is 8. The Morgan fingerprint density at radius 2 is 1.87 bits per heavy atom. The summed E-state index contributed by atoms with van der Waals surface area (Å²) >= 11 is 1.21. The Morgan fingerprint density at radius 1 is 1.02 bits per heavy atom. The van der Waals surface area contributed by atoms with E-state index in [1.807, 2.05) is 6.07 Å². The van der Waals surface area contributed by atoms with Crippen molar-refractivity contribution in [3.05, 3.63) is 99.5 Å². The van der Waals surface area contributed by atoms with Gasteiger partial charge in [0.05, 0.1) is 23.6 Å². The van der Waals surface area contributed by atoms with Gasteiger partial charge in [-0.15, -0.1) is 11.3 Å². The fourth-order valence-electron chi connectivity index (χ4n) is 5.66. The SMILES string of the molecule is COc1ccc2cc1-c1cccc(c1)OCC(=O)NCc1cc(F)cc(c1)O[C@@H]1CCN(C(=O)c3csc(C(C)=O)c3)C[C@H]1NC2=O. The Kier molecular flexibility index (Phi) is 9.21. The molecule has 2 aliphatic heterocycles. The van der Waals surface area contributed by atoms with Crippen LogP contribution in [0.3, 0.4) is 0 Å². The van der Waals surface area contributed by atoms with Crippen LogP contribution in [-0.4, -0.2) is 67.4 Å². The van der Waals surface area contributed by atoms with Gasteiger partial charge in [0.1, 0.15) is 29.2 Å². The number of ketones is 1. The second-order valence-electron chi connectivity index (χ2n) is 11.3. The molecular formula is C35H32FN3O7S. The van der Waals surface area contributed by atoms with Crippen molar-refractivity contribution in [1.29, 1.82) is 0 Å². The summed E-state index contributed by atoms with van der Waals surface area (Å²) in [4.78, 5) is 53.8. The summed E-state index contributed by atoms with van der Waals surface area (Å²) in [6.45, 7) is 1.64. The number of methoxy groups -OCH3 is 1. The maximum Gasteiger partial charge on any atom is 0.258 e. The number of ether oxygens (including phenoxy) is 3. The molecule has 1 fully saturated rings. The molecule has 2 aliphatic rings. The Balaban J connectivity index is 1.36. The smallest absolute Gasteiger partial charge is 0.258 e. The maximum absolute atomic E-state index is 14.7. The minimum Gasteiger partial charge on any atom is -0.496 e. The summed E-state index contributed by atoms with van der Waals surface area (Å²) in [5.74, 6) is -0.564. The van der Waals surface area contributed by atoms with E-state index in [1.165, 1.54) is 37.5 Å². The van der Waals surface area contributed by atoms with E-state index >= 15 is 0 Å². The Morgan fingerprint density at radius 3 is 2.66 bits per heavy atom. The number of nitrogens with zero attached hydrogens (tertiary/aromatic N) is 1. The topological polar surface area (TPSA) is 123 Å². The van der Waals surface area contributed by atoms with E-state index in [9.17, 15) is 23.6 Å². The van der Waals surface area contributed by atoms with Crippen LogP contribution in [0.2, 0.25) is 0 Å². The van der Waals surface area contributed by atoms with Crippen LogP contribution in [-0.2, 0) is 11.3 Å². The summed E-state index contributed by atoms with van der Waals surface area (Å²) < 4.78 is 32.3. The van der Waals surface area contributed by atoms with Gasteiger partial charge in [-0.05, 0) is 66.6 Å². The first-order chi connectivity index (χ1) is 22.7. The van der Waals surface area contributed by atoms with Gasteiger partial charge >= 0.3 is 0 Å². The molecule has 0 spiro atoms. The minimum absolute atomic E-state index is 0.0371. The first-order valence-electron chi connectivity index (χ1n) is 15.0. The summed E-state index contributed by atoms with van der Waals surface area (Å²) in [6.07, 6.45) is -0.284. The molecule has 3 heterocycles. The van der Waals surface area contributed by atoms with Crippen LogP contribution in [0.5, 0.6) is 17.2 Å². The molecule has 3 aromatic carbocycles. The number of hydrogen-bond donors (Lipinski definition) is 2. The number of likely N-dealkylation sites (tertiary alicyclic amines) is 1. The lowest BCUT2D eigenvalue weighted by molar-refractivity contribution is -0.123. The second kappa shape index (κ2) is 13.6. The van der Waals surface area contributed by atoms with Gasteiger partial charge in [-0.2, -0.15) is 0 Å². The van der Waals surface area contributed by atoms with E-state index < -0.39 is 29.8 Å². The summed E-state index contributed by atoms with van der Waals surface area (Å²) in [5.41, 5.74) is 2.54. The van der Waals surface area contributed by atoms with Gasteiger partial charge in [0, 0.05) is 48.6 Å². The first-order valence-corrected chi connectivity index (χ1v) is 15.9. The van der Waals surface area contributed by atoms with Crippen LogP contribution in [0, 0.1) is 5.82 Å². The van der Waals surface area contributed by atoms with Gasteiger partial charge in [-0.25, -0.2) is 4.39 Å². The predicted molar refractivity (Wildman–Crippen MR) is 173 cm³/mol. The van der Waals surface area contributed by atoms with Crippen LogP contribution in [0.4, 0.5) is 4.39 Å². The third-order valence-corrected chi connectivity index (χ3v) is 9.06. The van der Waals surface area contributed by atoms with Crippen molar-refractivity contribution in [2.24, 2.45) is 0 Å². The maximum atomic E-state index is 14.7. The van der Waals surface area contributed by atoms with Crippen molar-refractivity contribution in [3.8, 4) is 28.4 Å². The summed E-state index contributed by atoms with van der Waals surface area (Å²) in [7, 11) is 1.53. The minimum atomic E-state index is -0.679. The monoisotopic (exact) mass is 657 g/mol. The fourth-order valence-corrected chi connectivity index (χ4v) is 6.44. The highest BCUT2D eigenvalue weighted by Crippen LogP contribution is 2.33. The van der Waals surface area contributed by atoms with Gasteiger partial charge in [-0.1, -0.05) is 12.1 Å². The molecule has 0 radical (unpaired) electrons. The molecule has 242 valence electrons. The molecular weight excluding hydrogens is 625 g/mol. The summed E-state index contributed by atoms with van der Waals surface area (Å²) in [5, 5.41) is 7.44. The number of hydrogen-bond acceptors (Lipinski definition) is 8. The van der Waals surface area contributed by atoms with Crippen LogP contribution in [0.1, 0.15) is 49.3 Å². The zero-order valence-corrected chi connectivity index (χ0v) is 26.5. The second-order valence-corrected chi connectivity index (χ2v) is 12.2. The Bertz CT molecular complexity index is 1860. The standard InChI is InChI=1S/C35H32FN3O7S/c1-20(40)32-14-24(19-47-32)35(43)39-9-8-31-29(17-39)38-34(42)23-6-7-30(44-2)28(13-23)22-4-3-5-26(12-22)45-18-33(41)37-16-21-10-25(36)15-27(11-21)46-31/h3-7,10-15,19,29,31H,8-9,16-18H2,1-2H3,(H,37,41)(H,38,42)/t29-,31-/m1/s1. The molecule has 0 saturated carbocycles. The molecule has 4 aromatic rings. The molecule has 47 heavy (non-hydrogen) atoms. The van der Waals surface area contributed by atoms with Crippen LogP contribution >= 0.6 is 11.3 Å². The van der Waals surface area contributed by atoms with Crippen molar-refractivity contribution in [2.45, 2.75) is 32.0 Å². The molecule has 1 saturated heterocycles. The van der Waals surface area contributed by atoms with Gasteiger partial charge in [0.2, 0.25) is 0 Å². The molecule has 12 heteroatoms. The quantitative estimate of drug-likeness (QED) is 0.302. The number of Topliss-reactive ketones (excluding diaryl/α,β-unsaturated/α-hetero) is 1. The number of amides is 3. The largest absolute Gasteiger partial charge is 0.496 e. The number of benzene rings is 3. The van der Waals surface area contributed by atoms with E-state index in [4.69, 9.17) is 14.2 Å². The number of carbonyl (C=O) groups is 4. The third-order valence-electron chi connectivity index (χ3n) is 8.03. The zero-order chi connectivity index (χ0) is 33.1. The van der Waals surface area contributed by atoms with Crippen molar-refractivity contribution in [2.75, 3.05) is 26.8 Å². The fraction of sp³-hybridized carbons (Fsp3) is 0.257. The van der Waals surface area contributed by atoms with Crippen LogP contribution in [0.15, 0.2) is 72.1 Å². The van der Waals surface area contributed by atoms with Crippen LogP contribution < -0.4 is 24.8 Å². The molecule has 6 rings (SSSR count). The average Bonchev–Trinajstić information content (AvgIpc) is 3.57. The predicted octanol–water partition coefficient (Wildman–Crippen LogP) is 4.87. The van der Waals surface area contributed by atoms with Gasteiger partial charge in [-0.3, -0.25) is 19.2 Å². The van der Waals surface area contributed by atoms with E-state index in [-0.39, 0.29) is 37.1 Å². The van der Waals surface area contributed by atoms with E-state index in [0.29, 0.717) is 57.2 Å². The molecule has 1 aromatic heterocycles. The summed E-state index contributed by atoms with van der Waals surface area (Å²) in [6, 6.07) is 17.2. The highest BCUT2D eigenvalue weighted by atomic mass is 32.1. The lowest BCUT2D eigenvalue weighted by atomic mass is 9.98. The number of nitrogens with one attached hydrogen (secondary N) is 2. The highest BCUT2D eigenvalue weighted by molar-refractivity contribution is 7.12. The van der Waals surface area contributed by atoms with Crippen molar-refractivity contribution in [3.63, 3.8) is 0 Å². The lowest BCUT2D eigenvalue weighted by Gasteiger charge is -2.39. The van der Waals surface area contributed by atoms with Crippen LogP contribution in [0.25, 0.3) is 11.1 Å². The highest BCUT2D eigenvalue weighted by Gasteiger charge is 2.35. The zero-order valence-electron chi connectivity index (χ0n) is 25.7. The molecule has 2 atom stereocenters. The van der Waals surface area contributed by atoms with E-state index in [0.717, 1.165) is 0 Å². The van der Waals surface area contributed by atoms with Crippen molar-refractivity contribution >= 4 is 34.8 Å². The molecule has 2 N–H and O–H groups in total. The molecule has 3 amide bonds. The molecule has 6 bridgehead atoms. The average molecular weight is 658 g/mol. The van der Waals surface area contributed by atoms with E-state index in [1.54, 1.807) is 58.8 Å². The normalized spacial score (nSPS) is 18.1. The Labute approximate surface area is 274 Å². The number of carbonyl (C=O) groups excluding carboxylic acids is 4. The number of piperidine rings is 1. The first kappa shape index (κ1) is 31.7. The number of thiophene rings is 1. The molecule has 0 unspecified atom stereocenters. The van der Waals surface area contributed by atoms with Gasteiger partial charge < -0.3 is 29.7 Å². The number of halogens is 1. The van der Waals surface area contributed by atoms with Gasteiger partial charge in [0.25, 0.3) is 17.7 Å². The van der Waals surface area contributed by atoms with Crippen molar-refractivity contribution < 1.29 is 37.8 Å². The lowest BCUT2D eigenvalue weighted by Crippen LogP contribution is -2.58. The van der Waals surface area contributed by atoms with E-state index in [2.05, 4.69) is 10.6 Å². The third kappa shape index (κ3) is 7.28. The van der Waals surface area contributed by atoms with Crippen molar-refractivity contribution in [1.82, 2.24) is 15.5 Å². The Hall–Kier alpha value is -5.23. The van der Waals surface area contributed by atoms with Gasteiger partial charge in [0.15, 0.2) is 12.4 Å². The molecule has 0 aliphatic carbocycles. The molecule has 10 nitrogen and oxygen atoms in total.